The van der Waals surface area contributed by atoms with E-state index in [0.29, 0.717) is 36.3 Å². The fourth-order valence-corrected chi connectivity index (χ4v) is 5.66. The highest BCUT2D eigenvalue weighted by Crippen LogP contribution is 2.28. The maximum absolute atomic E-state index is 13.1. The lowest BCUT2D eigenvalue weighted by molar-refractivity contribution is 0.318. The Balaban J connectivity index is 1.74. The Morgan fingerprint density at radius 2 is 1.91 bits per heavy atom. The van der Waals surface area contributed by atoms with Crippen molar-refractivity contribution in [1.82, 2.24) is 9.29 Å². The number of hydrogen-bond donors (Lipinski definition) is 2. The van der Waals surface area contributed by atoms with Crippen LogP contribution >= 0.6 is 11.3 Å². The van der Waals surface area contributed by atoms with E-state index in [1.54, 1.807) is 42.6 Å². The molecular weight excluding hydrogens is 472 g/mol. The molecule has 3 aromatic rings. The van der Waals surface area contributed by atoms with Crippen molar-refractivity contribution in [3.8, 4) is 22.8 Å². The van der Waals surface area contributed by atoms with Gasteiger partial charge in [0.1, 0.15) is 0 Å². The lowest BCUT2D eigenvalue weighted by Gasteiger charge is -2.21. The number of hydrazone groups is 1. The van der Waals surface area contributed by atoms with Crippen molar-refractivity contribution >= 4 is 32.7 Å². The molecule has 0 radical (unpaired) electrons. The topological polar surface area (TPSA) is 104 Å². The van der Waals surface area contributed by atoms with E-state index in [0.717, 1.165) is 24.0 Å². The fourth-order valence-electron chi connectivity index (χ4n) is 3.32. The molecule has 10 heteroatoms. The molecule has 0 aliphatic rings. The van der Waals surface area contributed by atoms with Gasteiger partial charge in [0, 0.05) is 24.0 Å². The Labute approximate surface area is 205 Å². The summed E-state index contributed by atoms with van der Waals surface area (Å²) in [6, 6.07) is 11.9. The van der Waals surface area contributed by atoms with Crippen molar-refractivity contribution in [2.45, 2.75) is 38.5 Å². The number of benzene rings is 2. The van der Waals surface area contributed by atoms with Crippen molar-refractivity contribution in [3.63, 3.8) is 0 Å². The zero-order valence-corrected chi connectivity index (χ0v) is 21.2. The van der Waals surface area contributed by atoms with E-state index in [1.165, 1.54) is 15.6 Å². The minimum Gasteiger partial charge on any atom is -0.504 e. The smallest absolute Gasteiger partial charge is 0.243 e. The minimum absolute atomic E-state index is 0.0771. The largest absolute Gasteiger partial charge is 0.504 e. The van der Waals surface area contributed by atoms with Gasteiger partial charge in [0.2, 0.25) is 15.2 Å². The van der Waals surface area contributed by atoms with Gasteiger partial charge in [0.05, 0.1) is 23.4 Å². The number of ether oxygens (including phenoxy) is 1. The standard InChI is InChI=1S/C24H30N4O4S2/c1-4-12-28(13-5-2)34(30,31)20-9-7-8-19(15-20)21-17-33-24(26-21)27-25-16-18-10-11-22(29)23(14-18)32-6-3/h7-11,14-17,29H,4-6,12-13H2,1-3H3,(H,26,27). The maximum atomic E-state index is 13.1. The Morgan fingerprint density at radius 1 is 1.15 bits per heavy atom. The second kappa shape index (κ2) is 12.0. The summed E-state index contributed by atoms with van der Waals surface area (Å²) in [5.41, 5.74) is 5.04. The summed E-state index contributed by atoms with van der Waals surface area (Å²) in [7, 11) is -3.56. The van der Waals surface area contributed by atoms with Gasteiger partial charge in [0.25, 0.3) is 0 Å². The van der Waals surface area contributed by atoms with E-state index in [9.17, 15) is 13.5 Å². The van der Waals surface area contributed by atoms with Gasteiger partial charge >= 0.3 is 0 Å². The quantitative estimate of drug-likeness (QED) is 0.262. The average molecular weight is 503 g/mol. The number of thiazole rings is 1. The van der Waals surface area contributed by atoms with Gasteiger partial charge in [-0.1, -0.05) is 26.0 Å². The number of nitrogens with one attached hydrogen (secondary N) is 1. The Hall–Kier alpha value is -2.95. The van der Waals surface area contributed by atoms with Gasteiger partial charge in [0.15, 0.2) is 11.5 Å². The summed E-state index contributed by atoms with van der Waals surface area (Å²) < 4.78 is 33.1. The first-order chi connectivity index (χ1) is 16.4. The van der Waals surface area contributed by atoms with Gasteiger partial charge in [-0.05, 0) is 55.7 Å². The summed E-state index contributed by atoms with van der Waals surface area (Å²) in [5.74, 6) is 0.475. The zero-order chi connectivity index (χ0) is 24.6. The van der Waals surface area contributed by atoms with Crippen molar-refractivity contribution in [2.24, 2.45) is 5.10 Å². The van der Waals surface area contributed by atoms with Crippen LogP contribution in [-0.4, -0.2) is 48.7 Å². The lowest BCUT2D eigenvalue weighted by atomic mass is 10.2. The summed E-state index contributed by atoms with van der Waals surface area (Å²) >= 11 is 1.37. The van der Waals surface area contributed by atoms with E-state index in [2.05, 4.69) is 15.5 Å². The van der Waals surface area contributed by atoms with Crippen molar-refractivity contribution in [2.75, 3.05) is 25.1 Å². The summed E-state index contributed by atoms with van der Waals surface area (Å²) in [4.78, 5) is 4.80. The Kier molecular flexibility index (Phi) is 9.03. The maximum Gasteiger partial charge on any atom is 0.243 e. The number of anilines is 1. The molecule has 34 heavy (non-hydrogen) atoms. The molecular formula is C24H30N4O4S2. The second-order valence-corrected chi connectivity index (χ2v) is 10.3. The number of hydrogen-bond acceptors (Lipinski definition) is 8. The predicted octanol–water partition coefficient (Wildman–Crippen LogP) is 5.17. The fraction of sp³-hybridized carbons (Fsp3) is 0.333. The molecule has 0 atom stereocenters. The zero-order valence-electron chi connectivity index (χ0n) is 19.6. The molecule has 0 aliphatic carbocycles. The minimum atomic E-state index is -3.56. The molecule has 2 N–H and O–H groups in total. The number of aromatic hydroxyl groups is 1. The van der Waals surface area contributed by atoms with E-state index in [-0.39, 0.29) is 10.6 Å². The first kappa shape index (κ1) is 25.7. The third kappa shape index (κ3) is 6.34. The van der Waals surface area contributed by atoms with Crippen LogP contribution in [0.5, 0.6) is 11.5 Å². The van der Waals surface area contributed by atoms with Gasteiger partial charge < -0.3 is 9.84 Å². The van der Waals surface area contributed by atoms with Crippen molar-refractivity contribution in [3.05, 3.63) is 53.4 Å². The molecule has 3 rings (SSSR count). The molecule has 0 unspecified atom stereocenters. The molecule has 1 aromatic heterocycles. The average Bonchev–Trinajstić information content (AvgIpc) is 3.30. The molecule has 0 spiro atoms. The van der Waals surface area contributed by atoms with Crippen LogP contribution in [0.2, 0.25) is 0 Å². The van der Waals surface area contributed by atoms with Crippen molar-refractivity contribution < 1.29 is 18.3 Å². The highest BCUT2D eigenvalue weighted by atomic mass is 32.2. The molecule has 0 amide bonds. The van der Waals surface area contributed by atoms with Crippen LogP contribution in [-0.2, 0) is 10.0 Å². The molecule has 1 heterocycles. The third-order valence-corrected chi connectivity index (χ3v) is 7.52. The van der Waals surface area contributed by atoms with Gasteiger partial charge in [-0.2, -0.15) is 9.41 Å². The molecule has 182 valence electrons. The normalized spacial score (nSPS) is 11.9. The predicted molar refractivity (Wildman–Crippen MR) is 137 cm³/mol. The SMILES string of the molecule is CCCN(CCC)S(=O)(=O)c1cccc(-c2csc(NN=Cc3ccc(O)c(OCC)c3)n2)c1. The summed E-state index contributed by atoms with van der Waals surface area (Å²) in [6.45, 7) is 7.23. The van der Waals surface area contributed by atoms with Crippen molar-refractivity contribution in [1.29, 1.82) is 0 Å². The molecule has 0 saturated heterocycles. The summed E-state index contributed by atoms with van der Waals surface area (Å²) in [5, 5.41) is 16.4. The van der Waals surface area contributed by atoms with Crippen LogP contribution in [0, 0.1) is 0 Å². The van der Waals surface area contributed by atoms with Crippen LogP contribution in [0.25, 0.3) is 11.3 Å². The highest BCUT2D eigenvalue weighted by molar-refractivity contribution is 7.89. The number of nitrogens with zero attached hydrogens (tertiary/aromatic N) is 3. The second-order valence-electron chi connectivity index (χ2n) is 7.50. The van der Waals surface area contributed by atoms with Gasteiger partial charge in [-0.15, -0.1) is 11.3 Å². The Bertz CT molecular complexity index is 1220. The van der Waals surface area contributed by atoms with Gasteiger partial charge in [-0.3, -0.25) is 5.43 Å². The highest BCUT2D eigenvalue weighted by Gasteiger charge is 2.23. The molecule has 8 nitrogen and oxygen atoms in total. The van der Waals surface area contributed by atoms with Crippen LogP contribution in [0.4, 0.5) is 5.13 Å². The molecule has 2 aromatic carbocycles. The van der Waals surface area contributed by atoms with Crippen LogP contribution < -0.4 is 10.2 Å². The first-order valence-corrected chi connectivity index (χ1v) is 13.5. The van der Waals surface area contributed by atoms with E-state index in [1.807, 2.05) is 32.2 Å². The molecule has 0 bridgehead atoms. The first-order valence-electron chi connectivity index (χ1n) is 11.2. The van der Waals surface area contributed by atoms with Crippen LogP contribution in [0.15, 0.2) is 57.8 Å². The van der Waals surface area contributed by atoms with Gasteiger partial charge in [-0.25, -0.2) is 13.4 Å². The van der Waals surface area contributed by atoms with E-state index >= 15 is 0 Å². The van der Waals surface area contributed by atoms with Crippen LogP contribution in [0.1, 0.15) is 39.2 Å². The monoisotopic (exact) mass is 502 g/mol. The number of phenols is 1. The molecule has 0 aliphatic heterocycles. The number of aromatic nitrogens is 1. The number of phenolic OH excluding ortho intramolecular Hbond substituents is 1. The van der Waals surface area contributed by atoms with E-state index < -0.39 is 10.0 Å². The molecule has 0 fully saturated rings. The Morgan fingerprint density at radius 3 is 2.62 bits per heavy atom. The lowest BCUT2D eigenvalue weighted by Crippen LogP contribution is -2.32. The summed E-state index contributed by atoms with van der Waals surface area (Å²) in [6.07, 6.45) is 3.13. The number of rotatable bonds is 12. The number of sulfonamides is 1. The third-order valence-electron chi connectivity index (χ3n) is 4.88. The molecule has 0 saturated carbocycles. The van der Waals surface area contributed by atoms with Crippen LogP contribution in [0.3, 0.4) is 0 Å². The van der Waals surface area contributed by atoms with E-state index in [4.69, 9.17) is 4.74 Å².